The normalized spacial score (nSPS) is 25.5. The molecule has 1 amide bonds. The fourth-order valence-corrected chi connectivity index (χ4v) is 4.81. The standard InChI is InChI=1S/C17H24N2O4S/c1-23-15-7-5-14(6-8-15)19(24(2,21)22)11-17(20)18-16-10-12-3-4-13(16)9-12/h5-8,12-13,16H,3-4,9-11H2,1-2H3,(H,18,20). The first-order valence-electron chi connectivity index (χ1n) is 8.28. The van der Waals surface area contributed by atoms with Crippen molar-refractivity contribution < 1.29 is 17.9 Å². The van der Waals surface area contributed by atoms with Gasteiger partial charge in [-0.3, -0.25) is 9.10 Å². The second-order valence-corrected chi connectivity index (χ2v) is 8.72. The average Bonchev–Trinajstić information content (AvgIpc) is 3.14. The number of carbonyl (C=O) groups excluding carboxylic acids is 1. The summed E-state index contributed by atoms with van der Waals surface area (Å²) in [6, 6.07) is 6.85. The van der Waals surface area contributed by atoms with Gasteiger partial charge in [0.25, 0.3) is 0 Å². The van der Waals surface area contributed by atoms with Crippen LogP contribution in [0.5, 0.6) is 5.75 Å². The van der Waals surface area contributed by atoms with E-state index in [1.807, 2.05) is 0 Å². The van der Waals surface area contributed by atoms with Crippen LogP contribution in [-0.4, -0.2) is 40.3 Å². The number of benzene rings is 1. The highest BCUT2D eigenvalue weighted by Crippen LogP contribution is 2.44. The van der Waals surface area contributed by atoms with Gasteiger partial charge in [0.05, 0.1) is 19.1 Å². The van der Waals surface area contributed by atoms with Crippen molar-refractivity contribution in [2.75, 3.05) is 24.2 Å². The van der Waals surface area contributed by atoms with Crippen molar-refractivity contribution in [3.8, 4) is 5.75 Å². The zero-order valence-electron chi connectivity index (χ0n) is 14.1. The Morgan fingerprint density at radius 3 is 2.46 bits per heavy atom. The molecular weight excluding hydrogens is 328 g/mol. The molecule has 2 fully saturated rings. The number of fused-ring (bicyclic) bond motifs is 2. The Kier molecular flexibility index (Phi) is 4.71. The maximum Gasteiger partial charge on any atom is 0.241 e. The lowest BCUT2D eigenvalue weighted by molar-refractivity contribution is -0.120. The van der Waals surface area contributed by atoms with E-state index in [2.05, 4.69) is 5.32 Å². The fraction of sp³-hybridized carbons (Fsp3) is 0.588. The second kappa shape index (κ2) is 6.63. The molecule has 132 valence electrons. The predicted octanol–water partition coefficient (Wildman–Crippen LogP) is 1.77. The van der Waals surface area contributed by atoms with Gasteiger partial charge in [0.1, 0.15) is 12.3 Å². The minimum atomic E-state index is -3.54. The van der Waals surface area contributed by atoms with Gasteiger partial charge in [-0.1, -0.05) is 6.42 Å². The first-order chi connectivity index (χ1) is 11.4. The van der Waals surface area contributed by atoms with E-state index in [9.17, 15) is 13.2 Å². The SMILES string of the molecule is COc1ccc(N(CC(=O)NC2CC3CCC2C3)S(C)(=O)=O)cc1. The molecule has 0 spiro atoms. The summed E-state index contributed by atoms with van der Waals surface area (Å²) in [5, 5.41) is 3.04. The van der Waals surface area contributed by atoms with Crippen LogP contribution in [0.15, 0.2) is 24.3 Å². The molecule has 3 rings (SSSR count). The van der Waals surface area contributed by atoms with E-state index in [-0.39, 0.29) is 18.5 Å². The number of nitrogens with zero attached hydrogens (tertiary/aromatic N) is 1. The number of nitrogens with one attached hydrogen (secondary N) is 1. The van der Waals surface area contributed by atoms with Gasteiger partial charge >= 0.3 is 0 Å². The second-order valence-electron chi connectivity index (χ2n) is 6.82. The van der Waals surface area contributed by atoms with E-state index in [0.717, 1.165) is 22.9 Å². The van der Waals surface area contributed by atoms with Crippen LogP contribution < -0.4 is 14.4 Å². The highest BCUT2D eigenvalue weighted by atomic mass is 32.2. The minimum Gasteiger partial charge on any atom is -0.497 e. The lowest BCUT2D eigenvalue weighted by atomic mass is 9.95. The first kappa shape index (κ1) is 17.1. The molecule has 0 heterocycles. The van der Waals surface area contributed by atoms with Crippen LogP contribution in [0.25, 0.3) is 0 Å². The molecule has 2 aliphatic rings. The van der Waals surface area contributed by atoms with Crippen molar-refractivity contribution in [1.29, 1.82) is 0 Å². The Morgan fingerprint density at radius 2 is 1.96 bits per heavy atom. The van der Waals surface area contributed by atoms with Crippen LogP contribution in [0.1, 0.15) is 25.7 Å². The summed E-state index contributed by atoms with van der Waals surface area (Å²) in [7, 11) is -2.00. The van der Waals surface area contributed by atoms with Crippen molar-refractivity contribution in [2.45, 2.75) is 31.7 Å². The van der Waals surface area contributed by atoms with Gasteiger partial charge < -0.3 is 10.1 Å². The number of hydrogen-bond acceptors (Lipinski definition) is 4. The molecule has 0 radical (unpaired) electrons. The van der Waals surface area contributed by atoms with Crippen LogP contribution in [-0.2, 0) is 14.8 Å². The monoisotopic (exact) mass is 352 g/mol. The smallest absolute Gasteiger partial charge is 0.241 e. The molecule has 2 aliphatic carbocycles. The number of carbonyl (C=O) groups is 1. The zero-order valence-corrected chi connectivity index (χ0v) is 14.9. The third kappa shape index (κ3) is 3.66. The van der Waals surface area contributed by atoms with E-state index in [1.165, 1.54) is 19.3 Å². The number of rotatable bonds is 6. The van der Waals surface area contributed by atoms with Crippen LogP contribution in [0.4, 0.5) is 5.69 Å². The third-order valence-electron chi connectivity index (χ3n) is 5.13. The molecule has 0 aliphatic heterocycles. The summed E-state index contributed by atoms with van der Waals surface area (Å²) < 4.78 is 30.4. The molecule has 24 heavy (non-hydrogen) atoms. The maximum absolute atomic E-state index is 12.4. The Hall–Kier alpha value is -1.76. The van der Waals surface area contributed by atoms with Crippen LogP contribution in [0.2, 0.25) is 0 Å². The van der Waals surface area contributed by atoms with Crippen LogP contribution >= 0.6 is 0 Å². The van der Waals surface area contributed by atoms with Gasteiger partial charge in [-0.15, -0.1) is 0 Å². The minimum absolute atomic E-state index is 0.195. The Balaban J connectivity index is 1.68. The number of sulfonamides is 1. The maximum atomic E-state index is 12.4. The van der Waals surface area contributed by atoms with Gasteiger partial charge in [0, 0.05) is 6.04 Å². The first-order valence-corrected chi connectivity index (χ1v) is 10.1. The average molecular weight is 352 g/mol. The van der Waals surface area contributed by atoms with E-state index in [0.29, 0.717) is 17.4 Å². The molecule has 1 aromatic rings. The topological polar surface area (TPSA) is 75.7 Å². The van der Waals surface area contributed by atoms with E-state index in [4.69, 9.17) is 4.74 Å². The molecule has 7 heteroatoms. The Bertz CT molecular complexity index is 702. The van der Waals surface area contributed by atoms with Crippen molar-refractivity contribution in [2.24, 2.45) is 11.8 Å². The third-order valence-corrected chi connectivity index (χ3v) is 6.27. The summed E-state index contributed by atoms with van der Waals surface area (Å²) in [5.74, 6) is 1.69. The summed E-state index contributed by atoms with van der Waals surface area (Å²) >= 11 is 0. The van der Waals surface area contributed by atoms with E-state index in [1.54, 1.807) is 31.4 Å². The molecule has 1 aromatic carbocycles. The Labute approximate surface area is 143 Å². The highest BCUT2D eigenvalue weighted by Gasteiger charge is 2.40. The van der Waals surface area contributed by atoms with E-state index >= 15 is 0 Å². The molecular formula is C17H24N2O4S. The van der Waals surface area contributed by atoms with Crippen molar-refractivity contribution >= 4 is 21.6 Å². The summed E-state index contributed by atoms with van der Waals surface area (Å²) in [5.41, 5.74) is 0.460. The molecule has 3 unspecified atom stereocenters. The van der Waals surface area contributed by atoms with Crippen molar-refractivity contribution in [3.63, 3.8) is 0 Å². The fourth-order valence-electron chi connectivity index (χ4n) is 3.95. The summed E-state index contributed by atoms with van der Waals surface area (Å²) in [6.07, 6.45) is 5.77. The number of methoxy groups -OCH3 is 1. The van der Waals surface area contributed by atoms with Gasteiger partial charge in [-0.25, -0.2) is 8.42 Å². The summed E-state index contributed by atoms with van der Waals surface area (Å²) in [4.78, 5) is 12.4. The molecule has 0 saturated heterocycles. The lowest BCUT2D eigenvalue weighted by Gasteiger charge is -2.26. The molecule has 3 atom stereocenters. The van der Waals surface area contributed by atoms with Crippen molar-refractivity contribution in [3.05, 3.63) is 24.3 Å². The number of anilines is 1. The van der Waals surface area contributed by atoms with Gasteiger partial charge in [-0.05, 0) is 55.4 Å². The molecule has 0 aromatic heterocycles. The number of ether oxygens (including phenoxy) is 1. The number of amides is 1. The summed E-state index contributed by atoms with van der Waals surface area (Å²) in [6.45, 7) is -0.195. The largest absolute Gasteiger partial charge is 0.497 e. The Morgan fingerprint density at radius 1 is 1.25 bits per heavy atom. The number of hydrogen-bond donors (Lipinski definition) is 1. The predicted molar refractivity (Wildman–Crippen MR) is 92.6 cm³/mol. The molecule has 2 bridgehead atoms. The van der Waals surface area contributed by atoms with Crippen LogP contribution in [0, 0.1) is 11.8 Å². The highest BCUT2D eigenvalue weighted by molar-refractivity contribution is 7.92. The lowest BCUT2D eigenvalue weighted by Crippen LogP contribution is -2.45. The van der Waals surface area contributed by atoms with Gasteiger partial charge in [0.2, 0.25) is 15.9 Å². The van der Waals surface area contributed by atoms with Crippen molar-refractivity contribution in [1.82, 2.24) is 5.32 Å². The van der Waals surface area contributed by atoms with Gasteiger partial charge in [-0.2, -0.15) is 0 Å². The zero-order chi connectivity index (χ0) is 17.3. The molecule has 6 nitrogen and oxygen atoms in total. The van der Waals surface area contributed by atoms with Crippen LogP contribution in [0.3, 0.4) is 0 Å². The van der Waals surface area contributed by atoms with E-state index < -0.39 is 10.0 Å². The quantitative estimate of drug-likeness (QED) is 0.846. The molecule has 1 N–H and O–H groups in total. The molecule has 2 saturated carbocycles. The van der Waals surface area contributed by atoms with Gasteiger partial charge in [0.15, 0.2) is 0 Å².